The monoisotopic (exact) mass is 683 g/mol. The van der Waals surface area contributed by atoms with Gasteiger partial charge in [-0.3, -0.25) is 13.9 Å². The highest BCUT2D eigenvalue weighted by Gasteiger charge is 2.36. The highest BCUT2D eigenvalue weighted by molar-refractivity contribution is 7.92. The number of sulfonamides is 1. The third kappa shape index (κ3) is 8.80. The minimum Gasteiger partial charge on any atom is -0.493 e. The summed E-state index contributed by atoms with van der Waals surface area (Å²) in [6.07, 6.45) is 4.13. The molecule has 10 heteroatoms. The Balaban J connectivity index is 1.58. The van der Waals surface area contributed by atoms with Crippen LogP contribution in [0.25, 0.3) is 0 Å². The number of amides is 2. The van der Waals surface area contributed by atoms with Crippen molar-refractivity contribution >= 4 is 27.5 Å². The molecular formula is C39H45N3O6S. The fraction of sp³-hybridized carbons (Fsp3) is 0.333. The van der Waals surface area contributed by atoms with E-state index < -0.39 is 28.5 Å². The maximum Gasteiger partial charge on any atom is 0.264 e. The van der Waals surface area contributed by atoms with Crippen molar-refractivity contribution in [3.63, 3.8) is 0 Å². The van der Waals surface area contributed by atoms with Crippen LogP contribution in [0.4, 0.5) is 5.69 Å². The number of nitrogens with one attached hydrogen (secondary N) is 1. The largest absolute Gasteiger partial charge is 0.493 e. The van der Waals surface area contributed by atoms with Gasteiger partial charge in [0.2, 0.25) is 11.8 Å². The lowest BCUT2D eigenvalue weighted by Crippen LogP contribution is -2.54. The lowest BCUT2D eigenvalue weighted by molar-refractivity contribution is -0.140. The van der Waals surface area contributed by atoms with Crippen molar-refractivity contribution in [2.75, 3.05) is 25.1 Å². The Morgan fingerprint density at radius 3 is 2.12 bits per heavy atom. The highest BCUT2D eigenvalue weighted by Crippen LogP contribution is 2.33. The first kappa shape index (κ1) is 35.5. The van der Waals surface area contributed by atoms with Gasteiger partial charge in [-0.15, -0.1) is 0 Å². The summed E-state index contributed by atoms with van der Waals surface area (Å²) in [6, 6.07) is 27.8. The number of methoxy groups -OCH3 is 2. The summed E-state index contributed by atoms with van der Waals surface area (Å²) in [5, 5.41) is 3.21. The summed E-state index contributed by atoms with van der Waals surface area (Å²) in [4.78, 5) is 30.4. The second-order valence-electron chi connectivity index (χ2n) is 12.6. The van der Waals surface area contributed by atoms with Crippen LogP contribution in [0.1, 0.15) is 47.9 Å². The maximum atomic E-state index is 14.8. The standard InChI is InChI=1S/C39H45N3O6S/c1-28-17-19-33(20-18-28)42(49(45,46)34-21-22-36(47-3)37(25-34)48-4)27-38(43)41(26-31-14-10-11-29(2)23-31)35(24-30-12-6-5-7-13-30)39(44)40-32-15-8-9-16-32/h5-7,10-14,17-23,25,32,35H,8-9,15-16,24,26-27H2,1-4H3,(H,40,44)/t35-/m1/s1. The van der Waals surface area contributed by atoms with Gasteiger partial charge in [0.15, 0.2) is 11.5 Å². The number of rotatable bonds is 14. The molecule has 0 bridgehead atoms. The van der Waals surface area contributed by atoms with Crippen LogP contribution in [0.15, 0.2) is 102 Å². The molecule has 4 aromatic rings. The van der Waals surface area contributed by atoms with Crippen molar-refractivity contribution in [2.24, 2.45) is 0 Å². The van der Waals surface area contributed by atoms with Gasteiger partial charge in [0.05, 0.1) is 24.8 Å². The van der Waals surface area contributed by atoms with Crippen molar-refractivity contribution in [1.82, 2.24) is 10.2 Å². The quantitative estimate of drug-likeness (QED) is 0.169. The molecule has 258 valence electrons. The van der Waals surface area contributed by atoms with Gasteiger partial charge >= 0.3 is 0 Å². The zero-order valence-corrected chi connectivity index (χ0v) is 29.4. The Morgan fingerprint density at radius 1 is 0.796 bits per heavy atom. The molecule has 1 N–H and O–H groups in total. The number of hydrogen-bond acceptors (Lipinski definition) is 6. The molecule has 0 unspecified atom stereocenters. The van der Waals surface area contributed by atoms with Gasteiger partial charge in [0.1, 0.15) is 12.6 Å². The molecule has 1 fully saturated rings. The maximum absolute atomic E-state index is 14.8. The topological polar surface area (TPSA) is 105 Å². The van der Waals surface area contributed by atoms with E-state index in [1.54, 1.807) is 24.3 Å². The molecule has 0 heterocycles. The van der Waals surface area contributed by atoms with E-state index in [-0.39, 0.29) is 35.6 Å². The normalized spacial score (nSPS) is 13.8. The van der Waals surface area contributed by atoms with E-state index >= 15 is 0 Å². The molecule has 1 saturated carbocycles. The number of ether oxygens (including phenoxy) is 2. The van der Waals surface area contributed by atoms with Crippen molar-refractivity contribution in [1.29, 1.82) is 0 Å². The van der Waals surface area contributed by atoms with E-state index in [9.17, 15) is 18.0 Å². The van der Waals surface area contributed by atoms with Gasteiger partial charge in [-0.2, -0.15) is 0 Å². The lowest BCUT2D eigenvalue weighted by Gasteiger charge is -2.34. The molecule has 49 heavy (non-hydrogen) atoms. The second-order valence-corrected chi connectivity index (χ2v) is 14.4. The molecule has 2 amide bonds. The third-order valence-corrected chi connectivity index (χ3v) is 10.7. The molecule has 0 radical (unpaired) electrons. The number of anilines is 1. The molecule has 0 aliphatic heterocycles. The minimum absolute atomic E-state index is 0.0381. The number of aryl methyl sites for hydroxylation is 2. The summed E-state index contributed by atoms with van der Waals surface area (Å²) >= 11 is 0. The molecule has 9 nitrogen and oxygen atoms in total. The molecule has 1 aliphatic rings. The zero-order valence-electron chi connectivity index (χ0n) is 28.6. The molecular weight excluding hydrogens is 639 g/mol. The lowest BCUT2D eigenvalue weighted by atomic mass is 10.0. The first-order valence-electron chi connectivity index (χ1n) is 16.6. The Bertz CT molecular complexity index is 1840. The Labute approximate surface area is 289 Å². The molecule has 4 aromatic carbocycles. The predicted molar refractivity (Wildman–Crippen MR) is 191 cm³/mol. The number of nitrogens with zero attached hydrogens (tertiary/aromatic N) is 2. The van der Waals surface area contributed by atoms with Crippen molar-refractivity contribution < 1.29 is 27.5 Å². The predicted octanol–water partition coefficient (Wildman–Crippen LogP) is 6.21. The summed E-state index contributed by atoms with van der Waals surface area (Å²) < 4.78 is 40.8. The average Bonchev–Trinajstić information content (AvgIpc) is 3.62. The number of benzene rings is 4. The van der Waals surface area contributed by atoms with Crippen LogP contribution in [-0.2, 0) is 32.6 Å². The second kappa shape index (κ2) is 16.0. The molecule has 0 spiro atoms. The molecule has 0 saturated heterocycles. The van der Waals surface area contributed by atoms with E-state index in [0.717, 1.165) is 52.2 Å². The average molecular weight is 684 g/mol. The van der Waals surface area contributed by atoms with E-state index in [1.165, 1.54) is 37.3 Å². The van der Waals surface area contributed by atoms with Crippen LogP contribution in [0.3, 0.4) is 0 Å². The van der Waals surface area contributed by atoms with Crippen molar-refractivity contribution in [3.05, 3.63) is 119 Å². The Morgan fingerprint density at radius 2 is 1.47 bits per heavy atom. The minimum atomic E-state index is -4.31. The SMILES string of the molecule is COc1ccc(S(=O)(=O)N(CC(=O)N(Cc2cccc(C)c2)[C@H](Cc2ccccc2)C(=O)NC2CCCC2)c2ccc(C)cc2)cc1OC. The van der Waals surface area contributed by atoms with Crippen LogP contribution >= 0.6 is 0 Å². The van der Waals surface area contributed by atoms with Gasteiger partial charge in [-0.05, 0) is 62.1 Å². The van der Waals surface area contributed by atoms with Crippen LogP contribution in [-0.4, -0.2) is 58.0 Å². The first-order chi connectivity index (χ1) is 23.6. The smallest absolute Gasteiger partial charge is 0.264 e. The molecule has 1 atom stereocenters. The number of carbonyl (C=O) groups is 2. The van der Waals surface area contributed by atoms with Gasteiger partial charge in [0.25, 0.3) is 10.0 Å². The van der Waals surface area contributed by atoms with Gasteiger partial charge < -0.3 is 19.7 Å². The first-order valence-corrected chi connectivity index (χ1v) is 18.0. The zero-order chi connectivity index (χ0) is 35.0. The van der Waals surface area contributed by atoms with Crippen LogP contribution in [0.2, 0.25) is 0 Å². The van der Waals surface area contributed by atoms with Crippen LogP contribution in [0, 0.1) is 13.8 Å². The fourth-order valence-electron chi connectivity index (χ4n) is 6.27. The molecule has 5 rings (SSSR count). The fourth-order valence-corrected chi connectivity index (χ4v) is 7.70. The summed E-state index contributed by atoms with van der Waals surface area (Å²) in [6.45, 7) is 3.46. The molecule has 1 aliphatic carbocycles. The highest BCUT2D eigenvalue weighted by atomic mass is 32.2. The van der Waals surface area contributed by atoms with E-state index in [1.807, 2.05) is 68.4 Å². The van der Waals surface area contributed by atoms with Crippen LogP contribution in [0.5, 0.6) is 11.5 Å². The Kier molecular flexibility index (Phi) is 11.6. The Hall–Kier alpha value is -4.83. The summed E-state index contributed by atoms with van der Waals surface area (Å²) in [7, 11) is -1.40. The summed E-state index contributed by atoms with van der Waals surface area (Å²) in [5.74, 6) is -0.137. The third-order valence-electron chi connectivity index (χ3n) is 8.95. The molecule has 0 aromatic heterocycles. The van der Waals surface area contributed by atoms with E-state index in [4.69, 9.17) is 9.47 Å². The van der Waals surface area contributed by atoms with Gasteiger partial charge in [-0.25, -0.2) is 8.42 Å². The van der Waals surface area contributed by atoms with E-state index in [0.29, 0.717) is 11.4 Å². The number of hydrogen-bond donors (Lipinski definition) is 1. The number of carbonyl (C=O) groups excluding carboxylic acids is 2. The van der Waals surface area contributed by atoms with Crippen molar-refractivity contribution in [2.45, 2.75) is 69.5 Å². The van der Waals surface area contributed by atoms with Crippen LogP contribution < -0.4 is 19.1 Å². The van der Waals surface area contributed by atoms with Gasteiger partial charge in [0, 0.05) is 25.1 Å². The summed E-state index contributed by atoms with van der Waals surface area (Å²) in [5.41, 5.74) is 4.00. The van der Waals surface area contributed by atoms with E-state index in [2.05, 4.69) is 5.32 Å². The van der Waals surface area contributed by atoms with Crippen molar-refractivity contribution in [3.8, 4) is 11.5 Å². The van der Waals surface area contributed by atoms with Gasteiger partial charge in [-0.1, -0.05) is 90.7 Å².